The number of hydrogen-bond acceptors (Lipinski definition) is 4. The molecule has 1 aromatic carbocycles. The van der Waals surface area contributed by atoms with Crippen LogP contribution in [-0.2, 0) is 14.6 Å². The minimum Gasteiger partial charge on any atom is -0.348 e. The van der Waals surface area contributed by atoms with Crippen LogP contribution in [-0.4, -0.2) is 32.4 Å². The van der Waals surface area contributed by atoms with E-state index in [-0.39, 0.29) is 24.1 Å². The van der Waals surface area contributed by atoms with Crippen LogP contribution in [0.4, 0.5) is 0 Å². The second-order valence-corrected chi connectivity index (χ2v) is 7.75. The fraction of sp³-hybridized carbons (Fsp3) is 0.500. The summed E-state index contributed by atoms with van der Waals surface area (Å²) < 4.78 is 22.2. The van der Waals surface area contributed by atoms with Crippen LogP contribution >= 0.6 is 11.6 Å². The van der Waals surface area contributed by atoms with Gasteiger partial charge in [-0.1, -0.05) is 30.7 Å². The van der Waals surface area contributed by atoms with Gasteiger partial charge in [-0.3, -0.25) is 4.79 Å². The number of halogens is 1. The molecule has 0 aliphatic heterocycles. The first-order chi connectivity index (χ1) is 9.73. The molecular formula is C14H21ClN2O3S. The van der Waals surface area contributed by atoms with Crippen molar-refractivity contribution in [1.29, 1.82) is 0 Å². The summed E-state index contributed by atoms with van der Waals surface area (Å²) in [5, 5.41) is 3.43. The van der Waals surface area contributed by atoms with Crippen molar-refractivity contribution in [2.45, 2.75) is 31.8 Å². The Balaban J connectivity index is 2.66. The topological polar surface area (TPSA) is 89.3 Å². The molecule has 21 heavy (non-hydrogen) atoms. The van der Waals surface area contributed by atoms with Crippen molar-refractivity contribution in [3.63, 3.8) is 0 Å². The standard InChI is InChI=1S/C14H21ClN2O3S/c1-3-13(10-5-4-6-11(15)9-10)17-14(18)12(16)7-8-21(2,19)20/h4-6,9,12-13H,3,7-8,16H2,1-2H3,(H,17,18). The van der Waals surface area contributed by atoms with Gasteiger partial charge < -0.3 is 11.1 Å². The number of hydrogen-bond donors (Lipinski definition) is 2. The van der Waals surface area contributed by atoms with Crippen molar-refractivity contribution < 1.29 is 13.2 Å². The van der Waals surface area contributed by atoms with Crippen molar-refractivity contribution in [1.82, 2.24) is 5.32 Å². The molecule has 3 N–H and O–H groups in total. The van der Waals surface area contributed by atoms with E-state index in [0.717, 1.165) is 11.8 Å². The number of amides is 1. The molecule has 0 bridgehead atoms. The lowest BCUT2D eigenvalue weighted by Crippen LogP contribution is -2.43. The largest absolute Gasteiger partial charge is 0.348 e. The maximum absolute atomic E-state index is 12.0. The highest BCUT2D eigenvalue weighted by atomic mass is 35.5. The molecule has 1 aromatic rings. The molecule has 0 aliphatic rings. The normalized spacial score (nSPS) is 14.5. The molecule has 2 atom stereocenters. The number of benzene rings is 1. The average Bonchev–Trinajstić information content (AvgIpc) is 2.41. The summed E-state index contributed by atoms with van der Waals surface area (Å²) in [7, 11) is -3.12. The molecule has 0 saturated carbocycles. The predicted molar refractivity (Wildman–Crippen MR) is 84.9 cm³/mol. The van der Waals surface area contributed by atoms with E-state index in [1.54, 1.807) is 12.1 Å². The number of carbonyl (C=O) groups is 1. The van der Waals surface area contributed by atoms with Gasteiger partial charge in [-0.25, -0.2) is 8.42 Å². The summed E-state index contributed by atoms with van der Waals surface area (Å²) in [6.07, 6.45) is 1.92. The van der Waals surface area contributed by atoms with E-state index in [4.69, 9.17) is 17.3 Å². The molecule has 0 aliphatic carbocycles. The molecule has 0 heterocycles. The first-order valence-corrected chi connectivity index (χ1v) is 9.16. The van der Waals surface area contributed by atoms with E-state index < -0.39 is 15.9 Å². The first-order valence-electron chi connectivity index (χ1n) is 6.72. The third-order valence-electron chi connectivity index (χ3n) is 3.11. The zero-order valence-electron chi connectivity index (χ0n) is 12.2. The van der Waals surface area contributed by atoms with Crippen LogP contribution in [0.1, 0.15) is 31.4 Å². The van der Waals surface area contributed by atoms with E-state index >= 15 is 0 Å². The number of sulfone groups is 1. The molecule has 0 fully saturated rings. The molecule has 1 rings (SSSR count). The summed E-state index contributed by atoms with van der Waals surface area (Å²) in [6, 6.07) is 6.21. The highest BCUT2D eigenvalue weighted by Crippen LogP contribution is 2.20. The quantitative estimate of drug-likeness (QED) is 0.794. The first kappa shape index (κ1) is 17.9. The predicted octanol–water partition coefficient (Wildman–Crippen LogP) is 1.67. The lowest BCUT2D eigenvalue weighted by molar-refractivity contribution is -0.123. The molecule has 0 radical (unpaired) electrons. The molecule has 7 heteroatoms. The highest BCUT2D eigenvalue weighted by Gasteiger charge is 2.19. The van der Waals surface area contributed by atoms with Crippen molar-refractivity contribution in [3.05, 3.63) is 34.9 Å². The smallest absolute Gasteiger partial charge is 0.237 e. The Bertz CT molecular complexity index is 590. The molecule has 0 saturated heterocycles. The van der Waals surface area contributed by atoms with E-state index in [0.29, 0.717) is 11.4 Å². The van der Waals surface area contributed by atoms with Gasteiger partial charge >= 0.3 is 0 Å². The second kappa shape index (κ2) is 7.77. The third kappa shape index (κ3) is 6.46. The van der Waals surface area contributed by atoms with E-state index in [1.165, 1.54) is 0 Å². The summed E-state index contributed by atoms with van der Waals surface area (Å²) in [5.74, 6) is -0.458. The minimum atomic E-state index is -3.12. The number of nitrogens with one attached hydrogen (secondary N) is 1. The van der Waals surface area contributed by atoms with Gasteiger partial charge in [0.2, 0.25) is 5.91 Å². The summed E-state index contributed by atoms with van der Waals surface area (Å²) in [6.45, 7) is 1.94. The summed E-state index contributed by atoms with van der Waals surface area (Å²) >= 11 is 5.94. The van der Waals surface area contributed by atoms with Crippen molar-refractivity contribution in [2.75, 3.05) is 12.0 Å². The van der Waals surface area contributed by atoms with E-state index in [1.807, 2.05) is 19.1 Å². The van der Waals surface area contributed by atoms with Gasteiger partial charge in [-0.2, -0.15) is 0 Å². The van der Waals surface area contributed by atoms with Crippen molar-refractivity contribution in [3.8, 4) is 0 Å². The van der Waals surface area contributed by atoms with Crippen LogP contribution in [0.25, 0.3) is 0 Å². The van der Waals surface area contributed by atoms with Gasteiger partial charge in [-0.05, 0) is 30.5 Å². The van der Waals surface area contributed by atoms with Crippen molar-refractivity contribution in [2.24, 2.45) is 5.73 Å². The van der Waals surface area contributed by atoms with E-state index in [2.05, 4.69) is 5.32 Å². The second-order valence-electron chi connectivity index (χ2n) is 5.05. The van der Waals surface area contributed by atoms with Crippen molar-refractivity contribution >= 4 is 27.3 Å². The number of nitrogens with two attached hydrogens (primary N) is 1. The Kier molecular flexibility index (Phi) is 6.64. The Hall–Kier alpha value is -1.11. The molecular weight excluding hydrogens is 312 g/mol. The SMILES string of the molecule is CCC(NC(=O)C(N)CCS(C)(=O)=O)c1cccc(Cl)c1. The lowest BCUT2D eigenvalue weighted by atomic mass is 10.0. The van der Waals surface area contributed by atoms with Crippen LogP contribution in [0.2, 0.25) is 5.02 Å². The molecule has 0 aromatic heterocycles. The van der Waals surface area contributed by atoms with Gasteiger partial charge in [0.1, 0.15) is 9.84 Å². The zero-order valence-corrected chi connectivity index (χ0v) is 13.7. The Labute approximate surface area is 130 Å². The van der Waals surface area contributed by atoms with E-state index in [9.17, 15) is 13.2 Å². The highest BCUT2D eigenvalue weighted by molar-refractivity contribution is 7.90. The molecule has 1 amide bonds. The average molecular weight is 333 g/mol. The monoisotopic (exact) mass is 332 g/mol. The molecule has 0 spiro atoms. The fourth-order valence-corrected chi connectivity index (χ4v) is 2.78. The third-order valence-corrected chi connectivity index (χ3v) is 4.32. The van der Waals surface area contributed by atoms with Crippen LogP contribution in [0.3, 0.4) is 0 Å². The van der Waals surface area contributed by atoms with Crippen LogP contribution in [0.15, 0.2) is 24.3 Å². The maximum Gasteiger partial charge on any atom is 0.237 e. The van der Waals surface area contributed by atoms with Crippen LogP contribution in [0, 0.1) is 0 Å². The summed E-state index contributed by atoms with van der Waals surface area (Å²) in [4.78, 5) is 12.0. The van der Waals surface area contributed by atoms with Gasteiger partial charge in [0, 0.05) is 11.3 Å². The Morgan fingerprint density at radius 2 is 2.10 bits per heavy atom. The summed E-state index contributed by atoms with van der Waals surface area (Å²) in [5.41, 5.74) is 6.63. The number of rotatable bonds is 7. The van der Waals surface area contributed by atoms with Crippen LogP contribution in [0.5, 0.6) is 0 Å². The Morgan fingerprint density at radius 1 is 1.43 bits per heavy atom. The lowest BCUT2D eigenvalue weighted by Gasteiger charge is -2.20. The molecule has 2 unspecified atom stereocenters. The Morgan fingerprint density at radius 3 is 2.62 bits per heavy atom. The van der Waals surface area contributed by atoms with Gasteiger partial charge in [-0.15, -0.1) is 0 Å². The van der Waals surface area contributed by atoms with Gasteiger partial charge in [0.05, 0.1) is 17.8 Å². The fourth-order valence-electron chi connectivity index (χ4n) is 1.90. The number of carbonyl (C=O) groups excluding carboxylic acids is 1. The molecule has 118 valence electrons. The van der Waals surface area contributed by atoms with Gasteiger partial charge in [0.25, 0.3) is 0 Å². The minimum absolute atomic E-state index is 0.102. The van der Waals surface area contributed by atoms with Gasteiger partial charge in [0.15, 0.2) is 0 Å². The maximum atomic E-state index is 12.0. The zero-order chi connectivity index (χ0) is 16.0. The van der Waals surface area contributed by atoms with Crippen LogP contribution < -0.4 is 11.1 Å². The molecule has 5 nitrogen and oxygen atoms in total.